The van der Waals surface area contributed by atoms with Crippen LogP contribution in [-0.4, -0.2) is 32.2 Å². The average molecular weight is 337 g/mol. The van der Waals surface area contributed by atoms with Crippen molar-refractivity contribution in [2.75, 3.05) is 19.0 Å². The van der Waals surface area contributed by atoms with Gasteiger partial charge in [-0.3, -0.25) is 4.79 Å². The summed E-state index contributed by atoms with van der Waals surface area (Å²) in [5.41, 5.74) is 0.178. The maximum absolute atomic E-state index is 12.4. The zero-order valence-corrected chi connectivity index (χ0v) is 12.9. The van der Waals surface area contributed by atoms with E-state index < -0.39 is 6.61 Å². The lowest BCUT2D eigenvalue weighted by Gasteiger charge is -2.15. The molecule has 0 spiro atoms. The number of hydrogen-bond acceptors (Lipinski definition) is 4. The van der Waals surface area contributed by atoms with Gasteiger partial charge in [0.15, 0.2) is 0 Å². The van der Waals surface area contributed by atoms with Gasteiger partial charge in [-0.15, -0.1) is 12.4 Å². The van der Waals surface area contributed by atoms with Crippen LogP contribution >= 0.6 is 12.4 Å². The van der Waals surface area contributed by atoms with Gasteiger partial charge in [0, 0.05) is 18.5 Å². The molecule has 22 heavy (non-hydrogen) atoms. The number of carbonyl (C=O) groups excluding carboxylic acids is 1. The molecule has 8 heteroatoms. The minimum atomic E-state index is -2.95. The monoisotopic (exact) mass is 336 g/mol. The van der Waals surface area contributed by atoms with Crippen molar-refractivity contribution in [2.45, 2.75) is 31.9 Å². The quantitative estimate of drug-likeness (QED) is 0.838. The van der Waals surface area contributed by atoms with Gasteiger partial charge in [-0.1, -0.05) is 0 Å². The van der Waals surface area contributed by atoms with Gasteiger partial charge >= 0.3 is 6.61 Å². The van der Waals surface area contributed by atoms with Gasteiger partial charge in [-0.2, -0.15) is 8.78 Å². The zero-order valence-electron chi connectivity index (χ0n) is 12.1. The number of methoxy groups -OCH3 is 1. The van der Waals surface area contributed by atoms with Gasteiger partial charge in [0.25, 0.3) is 0 Å². The molecular formula is C14H19ClF2N2O3. The summed E-state index contributed by atoms with van der Waals surface area (Å²) >= 11 is 0. The molecule has 5 nitrogen and oxygen atoms in total. The summed E-state index contributed by atoms with van der Waals surface area (Å²) in [7, 11) is 1.46. The molecule has 0 bridgehead atoms. The molecule has 0 saturated carbocycles. The molecule has 1 atom stereocenters. The van der Waals surface area contributed by atoms with Gasteiger partial charge in [-0.25, -0.2) is 0 Å². The van der Waals surface area contributed by atoms with Crippen molar-refractivity contribution in [1.82, 2.24) is 5.32 Å². The zero-order chi connectivity index (χ0) is 15.2. The molecule has 0 aromatic heterocycles. The van der Waals surface area contributed by atoms with Crippen molar-refractivity contribution < 1.29 is 23.0 Å². The van der Waals surface area contributed by atoms with Crippen LogP contribution in [0.1, 0.15) is 19.3 Å². The van der Waals surface area contributed by atoms with E-state index in [1.807, 2.05) is 0 Å². The van der Waals surface area contributed by atoms with Crippen LogP contribution in [0.3, 0.4) is 0 Å². The molecule has 1 unspecified atom stereocenters. The van der Waals surface area contributed by atoms with Crippen molar-refractivity contribution >= 4 is 24.0 Å². The second-order valence-corrected chi connectivity index (χ2v) is 4.79. The second kappa shape index (κ2) is 8.75. The van der Waals surface area contributed by atoms with E-state index in [0.717, 1.165) is 19.4 Å². The van der Waals surface area contributed by atoms with E-state index in [2.05, 4.69) is 15.4 Å². The van der Waals surface area contributed by atoms with Gasteiger partial charge in [0.2, 0.25) is 5.91 Å². The number of halogens is 3. The van der Waals surface area contributed by atoms with Gasteiger partial charge in [0.05, 0.1) is 12.8 Å². The molecule has 124 valence electrons. The number of rotatable bonds is 6. The van der Waals surface area contributed by atoms with E-state index in [1.165, 1.54) is 25.3 Å². The number of alkyl halides is 2. The van der Waals surface area contributed by atoms with Crippen molar-refractivity contribution in [3.63, 3.8) is 0 Å². The highest BCUT2D eigenvalue weighted by Crippen LogP contribution is 2.30. The molecule has 1 aromatic carbocycles. The van der Waals surface area contributed by atoms with Crippen LogP contribution in [0.25, 0.3) is 0 Å². The normalized spacial score (nSPS) is 17.0. The molecule has 0 radical (unpaired) electrons. The summed E-state index contributed by atoms with van der Waals surface area (Å²) in [6, 6.07) is 4.42. The predicted molar refractivity (Wildman–Crippen MR) is 81.1 cm³/mol. The molecular weight excluding hydrogens is 318 g/mol. The Morgan fingerprint density at radius 2 is 2.27 bits per heavy atom. The van der Waals surface area contributed by atoms with E-state index in [4.69, 9.17) is 4.74 Å². The lowest BCUT2D eigenvalue weighted by Crippen LogP contribution is -2.27. The second-order valence-electron chi connectivity index (χ2n) is 4.79. The maximum Gasteiger partial charge on any atom is 0.387 e. The fraction of sp³-hybridized carbons (Fsp3) is 0.500. The Morgan fingerprint density at radius 1 is 1.50 bits per heavy atom. The van der Waals surface area contributed by atoms with Crippen LogP contribution in [-0.2, 0) is 4.79 Å². The van der Waals surface area contributed by atoms with Gasteiger partial charge in [0.1, 0.15) is 11.5 Å². The van der Waals surface area contributed by atoms with Crippen molar-refractivity contribution in [3.8, 4) is 11.5 Å². The predicted octanol–water partition coefficient (Wildman–Crippen LogP) is 2.80. The highest BCUT2D eigenvalue weighted by molar-refractivity contribution is 5.93. The Hall–Kier alpha value is -1.60. The van der Waals surface area contributed by atoms with Crippen molar-refractivity contribution in [3.05, 3.63) is 18.2 Å². The molecule has 1 aromatic rings. The number of carbonyl (C=O) groups is 1. The largest absolute Gasteiger partial charge is 0.497 e. The summed E-state index contributed by atoms with van der Waals surface area (Å²) in [5, 5.41) is 5.81. The van der Waals surface area contributed by atoms with E-state index in [1.54, 1.807) is 0 Å². The Kier molecular flexibility index (Phi) is 7.34. The number of amides is 1. The van der Waals surface area contributed by atoms with Gasteiger partial charge < -0.3 is 20.1 Å². The van der Waals surface area contributed by atoms with Crippen LogP contribution in [0.4, 0.5) is 14.5 Å². The Bertz CT molecular complexity index is 497. The first kappa shape index (κ1) is 18.4. The summed E-state index contributed by atoms with van der Waals surface area (Å²) in [4.78, 5) is 12.0. The van der Waals surface area contributed by atoms with E-state index in [9.17, 15) is 13.6 Å². The number of benzene rings is 1. The van der Waals surface area contributed by atoms with Crippen LogP contribution in [0, 0.1) is 0 Å². The summed E-state index contributed by atoms with van der Waals surface area (Å²) in [5.74, 6) is 0.117. The summed E-state index contributed by atoms with van der Waals surface area (Å²) in [6.45, 7) is -2.05. The first-order valence-corrected chi connectivity index (χ1v) is 6.74. The average Bonchev–Trinajstić information content (AvgIpc) is 2.93. The minimum Gasteiger partial charge on any atom is -0.497 e. The number of ether oxygens (including phenoxy) is 2. The van der Waals surface area contributed by atoms with Crippen molar-refractivity contribution in [1.29, 1.82) is 0 Å². The first-order chi connectivity index (χ1) is 10.1. The Labute approximate surface area is 133 Å². The van der Waals surface area contributed by atoms with Crippen LogP contribution in [0.5, 0.6) is 11.5 Å². The smallest absolute Gasteiger partial charge is 0.387 e. The molecule has 1 amide bonds. The highest BCUT2D eigenvalue weighted by atomic mass is 35.5. The highest BCUT2D eigenvalue weighted by Gasteiger charge is 2.19. The number of hydrogen-bond donors (Lipinski definition) is 2. The molecule has 1 fully saturated rings. The fourth-order valence-corrected chi connectivity index (χ4v) is 2.29. The molecule has 2 N–H and O–H groups in total. The van der Waals surface area contributed by atoms with E-state index in [0.29, 0.717) is 12.2 Å². The van der Waals surface area contributed by atoms with Crippen LogP contribution in [0.2, 0.25) is 0 Å². The third-order valence-electron chi connectivity index (χ3n) is 3.27. The molecule has 1 aliphatic rings. The van der Waals surface area contributed by atoms with Gasteiger partial charge in [-0.05, 0) is 31.5 Å². The fourth-order valence-electron chi connectivity index (χ4n) is 2.29. The Morgan fingerprint density at radius 3 is 2.86 bits per heavy atom. The third kappa shape index (κ3) is 5.31. The Balaban J connectivity index is 0.00000242. The number of anilines is 1. The lowest BCUT2D eigenvalue weighted by molar-refractivity contribution is -0.116. The number of nitrogens with one attached hydrogen (secondary N) is 2. The van der Waals surface area contributed by atoms with Crippen LogP contribution < -0.4 is 20.1 Å². The van der Waals surface area contributed by atoms with E-state index >= 15 is 0 Å². The van der Waals surface area contributed by atoms with Crippen molar-refractivity contribution in [2.24, 2.45) is 0 Å². The molecule has 1 heterocycles. The topological polar surface area (TPSA) is 59.6 Å². The third-order valence-corrected chi connectivity index (χ3v) is 3.27. The summed E-state index contributed by atoms with van der Waals surface area (Å²) in [6.07, 6.45) is 2.27. The SMILES string of the molecule is COc1ccc(OC(F)F)c(NC(=O)CC2CCCN2)c1.Cl. The standard InChI is InChI=1S/C14H18F2N2O3.ClH/c1-20-10-4-5-12(21-14(15)16)11(8-10)18-13(19)7-9-3-2-6-17-9;/h4-5,8-9,14,17H,2-3,6-7H2,1H3,(H,18,19);1H. The first-order valence-electron chi connectivity index (χ1n) is 6.74. The molecule has 2 rings (SSSR count). The molecule has 1 saturated heterocycles. The molecule has 1 aliphatic heterocycles. The minimum absolute atomic E-state index is 0. The van der Waals surface area contributed by atoms with Crippen LogP contribution in [0.15, 0.2) is 18.2 Å². The maximum atomic E-state index is 12.4. The molecule has 0 aliphatic carbocycles. The lowest BCUT2D eigenvalue weighted by atomic mass is 10.1. The summed E-state index contributed by atoms with van der Waals surface area (Å²) < 4.78 is 34.2. The van der Waals surface area contributed by atoms with E-state index in [-0.39, 0.29) is 35.8 Å².